The van der Waals surface area contributed by atoms with Gasteiger partial charge >= 0.3 is 0 Å². The summed E-state index contributed by atoms with van der Waals surface area (Å²) in [5, 5.41) is 2.89. The Labute approximate surface area is 156 Å². The van der Waals surface area contributed by atoms with Gasteiger partial charge in [0.2, 0.25) is 5.88 Å². The highest BCUT2D eigenvalue weighted by atomic mass is 79.9. The molecule has 0 unspecified atom stereocenters. The van der Waals surface area contributed by atoms with E-state index >= 15 is 0 Å². The molecule has 0 atom stereocenters. The van der Waals surface area contributed by atoms with E-state index in [1.165, 1.54) is 6.20 Å². The van der Waals surface area contributed by atoms with E-state index in [0.717, 1.165) is 15.7 Å². The van der Waals surface area contributed by atoms with Gasteiger partial charge in [0.05, 0.1) is 17.8 Å². The number of halogens is 1. The first-order valence-electron chi connectivity index (χ1n) is 8.05. The lowest BCUT2D eigenvalue weighted by molar-refractivity contribution is -0.0168. The molecule has 1 heterocycles. The van der Waals surface area contributed by atoms with Crippen LogP contribution in [0.4, 0.5) is 5.69 Å². The van der Waals surface area contributed by atoms with E-state index in [1.807, 2.05) is 45.9 Å². The zero-order valence-corrected chi connectivity index (χ0v) is 16.5. The monoisotopic (exact) mass is 406 g/mol. The van der Waals surface area contributed by atoms with Crippen molar-refractivity contribution >= 4 is 27.5 Å². The topological polar surface area (TPSA) is 60.5 Å². The minimum atomic E-state index is -0.212. The van der Waals surface area contributed by atoms with Gasteiger partial charge in [-0.3, -0.25) is 4.79 Å². The third kappa shape index (κ3) is 6.14. The van der Waals surface area contributed by atoms with Gasteiger partial charge < -0.3 is 14.8 Å². The van der Waals surface area contributed by atoms with Crippen molar-refractivity contribution in [1.82, 2.24) is 4.98 Å². The number of hydrogen-bond donors (Lipinski definition) is 1. The molecule has 0 aliphatic carbocycles. The fraction of sp³-hybridized carbons (Fsp3) is 0.368. The number of nitrogens with one attached hydrogen (secondary N) is 1. The molecular weight excluding hydrogens is 384 g/mol. The zero-order chi connectivity index (χ0) is 18.4. The third-order valence-electron chi connectivity index (χ3n) is 3.38. The van der Waals surface area contributed by atoms with Gasteiger partial charge in [-0.05, 0) is 51.5 Å². The fourth-order valence-electron chi connectivity index (χ4n) is 2.03. The molecule has 0 aliphatic rings. The third-order valence-corrected chi connectivity index (χ3v) is 4.24. The van der Waals surface area contributed by atoms with Crippen molar-refractivity contribution in [2.24, 2.45) is 0 Å². The maximum atomic E-state index is 12.3. The predicted molar refractivity (Wildman–Crippen MR) is 102 cm³/mol. The van der Waals surface area contributed by atoms with Crippen LogP contribution in [0.15, 0.2) is 41.0 Å². The summed E-state index contributed by atoms with van der Waals surface area (Å²) in [5.41, 5.74) is 2.02. The summed E-state index contributed by atoms with van der Waals surface area (Å²) in [6, 6.07) is 9.04. The summed E-state index contributed by atoms with van der Waals surface area (Å²) < 4.78 is 12.0. The first-order valence-corrected chi connectivity index (χ1v) is 8.85. The zero-order valence-electron chi connectivity index (χ0n) is 14.9. The number of ether oxygens (including phenoxy) is 2. The van der Waals surface area contributed by atoms with Gasteiger partial charge in [-0.1, -0.05) is 22.0 Å². The quantitative estimate of drug-likeness (QED) is 0.712. The van der Waals surface area contributed by atoms with Crippen LogP contribution >= 0.6 is 15.9 Å². The van der Waals surface area contributed by atoms with Gasteiger partial charge in [-0.25, -0.2) is 4.98 Å². The molecule has 1 aromatic heterocycles. The number of carbonyl (C=O) groups is 1. The minimum absolute atomic E-state index is 0.191. The number of nitrogens with zero attached hydrogens (tertiary/aromatic N) is 1. The average molecular weight is 407 g/mol. The number of aromatic nitrogens is 1. The second kappa shape index (κ2) is 8.45. The molecule has 25 heavy (non-hydrogen) atoms. The average Bonchev–Trinajstić information content (AvgIpc) is 2.55. The number of hydrogen-bond acceptors (Lipinski definition) is 4. The molecule has 6 heteroatoms. The maximum absolute atomic E-state index is 12.3. The van der Waals surface area contributed by atoms with Crippen LogP contribution in [-0.2, 0) is 4.74 Å². The minimum Gasteiger partial charge on any atom is -0.475 e. The summed E-state index contributed by atoms with van der Waals surface area (Å²) in [6.07, 6.45) is 1.50. The van der Waals surface area contributed by atoms with Crippen LogP contribution in [0, 0.1) is 6.92 Å². The summed E-state index contributed by atoms with van der Waals surface area (Å²) in [7, 11) is 0. The van der Waals surface area contributed by atoms with Gasteiger partial charge in [-0.2, -0.15) is 0 Å². The van der Waals surface area contributed by atoms with Gasteiger partial charge in [0, 0.05) is 22.4 Å². The van der Waals surface area contributed by atoms with E-state index in [1.54, 1.807) is 12.1 Å². The highest BCUT2D eigenvalue weighted by Gasteiger charge is 2.11. The largest absolute Gasteiger partial charge is 0.475 e. The van der Waals surface area contributed by atoms with Gasteiger partial charge in [0.1, 0.15) is 6.61 Å². The van der Waals surface area contributed by atoms with Gasteiger partial charge in [-0.15, -0.1) is 0 Å². The number of amides is 1. The number of carbonyl (C=O) groups excluding carboxylic acids is 1. The van der Waals surface area contributed by atoms with Crippen molar-refractivity contribution in [3.8, 4) is 5.88 Å². The van der Waals surface area contributed by atoms with E-state index in [-0.39, 0.29) is 11.5 Å². The van der Waals surface area contributed by atoms with Crippen LogP contribution in [0.3, 0.4) is 0 Å². The smallest absolute Gasteiger partial charge is 0.257 e. The van der Waals surface area contributed by atoms with Crippen LogP contribution in [0.1, 0.15) is 36.7 Å². The second-order valence-electron chi connectivity index (χ2n) is 6.56. The van der Waals surface area contributed by atoms with Crippen LogP contribution in [0.2, 0.25) is 0 Å². The SMILES string of the molecule is Cc1c(Br)cccc1NC(=O)c1ccc(OCCOC(C)(C)C)nc1. The summed E-state index contributed by atoms with van der Waals surface area (Å²) >= 11 is 3.45. The Bertz CT molecular complexity index is 724. The number of anilines is 1. The van der Waals surface area contributed by atoms with Crippen molar-refractivity contribution in [1.29, 1.82) is 0 Å². The number of benzene rings is 1. The Hall–Kier alpha value is -1.92. The van der Waals surface area contributed by atoms with E-state index in [2.05, 4.69) is 26.2 Å². The summed E-state index contributed by atoms with van der Waals surface area (Å²) in [6.45, 7) is 8.81. The Balaban J connectivity index is 1.91. The van der Waals surface area contributed by atoms with Crippen LogP contribution < -0.4 is 10.1 Å². The molecule has 0 spiro atoms. The Kier molecular flexibility index (Phi) is 6.56. The Morgan fingerprint density at radius 3 is 2.60 bits per heavy atom. The van der Waals surface area contributed by atoms with Crippen molar-refractivity contribution in [3.05, 3.63) is 52.1 Å². The number of rotatable bonds is 6. The fourth-order valence-corrected chi connectivity index (χ4v) is 2.40. The van der Waals surface area contributed by atoms with Gasteiger partial charge in [0.25, 0.3) is 5.91 Å². The van der Waals surface area contributed by atoms with Crippen LogP contribution in [0.25, 0.3) is 0 Å². The second-order valence-corrected chi connectivity index (χ2v) is 7.42. The predicted octanol–water partition coefficient (Wildman–Crippen LogP) is 4.60. The van der Waals surface area contributed by atoms with Gasteiger partial charge in [0.15, 0.2) is 0 Å². The number of pyridine rings is 1. The maximum Gasteiger partial charge on any atom is 0.257 e. The summed E-state index contributed by atoms with van der Waals surface area (Å²) in [5.74, 6) is 0.254. The van der Waals surface area contributed by atoms with Crippen molar-refractivity contribution in [2.75, 3.05) is 18.5 Å². The van der Waals surface area contributed by atoms with E-state index in [0.29, 0.717) is 24.7 Å². The molecule has 0 saturated heterocycles. The lowest BCUT2D eigenvalue weighted by Gasteiger charge is -2.19. The molecule has 2 aromatic rings. The molecule has 0 aliphatic heterocycles. The molecule has 5 nitrogen and oxygen atoms in total. The Morgan fingerprint density at radius 2 is 1.96 bits per heavy atom. The first-order chi connectivity index (χ1) is 11.8. The highest BCUT2D eigenvalue weighted by molar-refractivity contribution is 9.10. The molecule has 0 radical (unpaired) electrons. The molecule has 1 aromatic carbocycles. The standard InChI is InChI=1S/C19H23BrN2O3/c1-13-15(20)6-5-7-16(13)22-18(23)14-8-9-17(21-12-14)24-10-11-25-19(2,3)4/h5-9,12H,10-11H2,1-4H3,(H,22,23). The molecule has 0 bridgehead atoms. The normalized spacial score (nSPS) is 11.2. The lowest BCUT2D eigenvalue weighted by atomic mass is 10.2. The van der Waals surface area contributed by atoms with E-state index in [9.17, 15) is 4.79 Å². The first kappa shape index (κ1) is 19.4. The van der Waals surface area contributed by atoms with E-state index in [4.69, 9.17) is 9.47 Å². The van der Waals surface area contributed by atoms with E-state index < -0.39 is 0 Å². The molecule has 0 saturated carbocycles. The summed E-state index contributed by atoms with van der Waals surface area (Å²) in [4.78, 5) is 16.5. The lowest BCUT2D eigenvalue weighted by Crippen LogP contribution is -2.22. The molecular formula is C19H23BrN2O3. The van der Waals surface area contributed by atoms with Crippen molar-refractivity contribution in [3.63, 3.8) is 0 Å². The molecule has 1 amide bonds. The van der Waals surface area contributed by atoms with Crippen molar-refractivity contribution in [2.45, 2.75) is 33.3 Å². The molecule has 134 valence electrons. The highest BCUT2D eigenvalue weighted by Crippen LogP contribution is 2.24. The van der Waals surface area contributed by atoms with Crippen LogP contribution in [0.5, 0.6) is 5.88 Å². The Morgan fingerprint density at radius 1 is 1.20 bits per heavy atom. The molecule has 2 rings (SSSR count). The molecule has 1 N–H and O–H groups in total. The van der Waals surface area contributed by atoms with Crippen molar-refractivity contribution < 1.29 is 14.3 Å². The van der Waals surface area contributed by atoms with Crippen LogP contribution in [-0.4, -0.2) is 29.7 Å². The molecule has 0 fully saturated rings.